The average molecular weight is 266 g/mol. The van der Waals surface area contributed by atoms with Crippen molar-refractivity contribution in [2.45, 2.75) is 26.8 Å². The van der Waals surface area contributed by atoms with E-state index in [2.05, 4.69) is 25.1 Å². The Labute approximate surface area is 115 Å². The maximum Gasteiger partial charge on any atom is 0.142 e. The number of ether oxygens (including phenoxy) is 1. The third-order valence-corrected chi connectivity index (χ3v) is 2.71. The summed E-state index contributed by atoms with van der Waals surface area (Å²) in [6.45, 7) is 6.57. The summed E-state index contributed by atoms with van der Waals surface area (Å²) in [6, 6.07) is 5.78. The monoisotopic (exact) mass is 265 g/mol. The van der Waals surface area contributed by atoms with Gasteiger partial charge >= 0.3 is 0 Å². The zero-order chi connectivity index (χ0) is 13.4. The van der Waals surface area contributed by atoms with E-state index < -0.39 is 0 Å². The van der Waals surface area contributed by atoms with E-state index in [1.807, 2.05) is 18.2 Å². The van der Waals surface area contributed by atoms with Crippen LogP contribution in [-0.4, -0.2) is 13.2 Å². The molecule has 0 amide bonds. The molecule has 0 aliphatic rings. The van der Waals surface area contributed by atoms with Gasteiger partial charge in [-0.3, -0.25) is 0 Å². The minimum Gasteiger partial charge on any atom is -0.491 e. The Morgan fingerprint density at radius 1 is 1.44 bits per heavy atom. The van der Waals surface area contributed by atoms with Gasteiger partial charge < -0.3 is 10.1 Å². The smallest absolute Gasteiger partial charge is 0.142 e. The average Bonchev–Trinajstić information content (AvgIpc) is 2.32. The summed E-state index contributed by atoms with van der Waals surface area (Å²) >= 11 is 6.15. The van der Waals surface area contributed by atoms with E-state index in [4.69, 9.17) is 22.8 Å². The van der Waals surface area contributed by atoms with E-state index in [-0.39, 0.29) is 0 Å². The van der Waals surface area contributed by atoms with Crippen molar-refractivity contribution < 1.29 is 4.74 Å². The number of terminal acetylenes is 1. The molecule has 0 saturated heterocycles. The number of rotatable bonds is 7. The Morgan fingerprint density at radius 2 is 2.22 bits per heavy atom. The molecule has 3 heteroatoms. The molecular weight excluding hydrogens is 246 g/mol. The molecule has 2 nitrogen and oxygen atoms in total. The summed E-state index contributed by atoms with van der Waals surface area (Å²) in [4.78, 5) is 0. The van der Waals surface area contributed by atoms with Gasteiger partial charge in [-0.15, -0.1) is 12.3 Å². The molecule has 0 aromatic heterocycles. The topological polar surface area (TPSA) is 21.3 Å². The lowest BCUT2D eigenvalue weighted by atomic mass is 10.2. The van der Waals surface area contributed by atoms with E-state index in [0.717, 1.165) is 24.4 Å². The minimum absolute atomic E-state index is 0.497. The number of benzene rings is 1. The Bertz CT molecular complexity index is 409. The van der Waals surface area contributed by atoms with Crippen LogP contribution in [0.1, 0.15) is 25.8 Å². The Balaban J connectivity index is 2.65. The molecule has 0 fully saturated rings. The number of nitrogens with one attached hydrogen (secondary N) is 1. The van der Waals surface area contributed by atoms with Crippen molar-refractivity contribution in [1.82, 2.24) is 5.32 Å². The van der Waals surface area contributed by atoms with Gasteiger partial charge in [0.25, 0.3) is 0 Å². The second kappa shape index (κ2) is 8.02. The molecule has 1 rings (SSSR count). The first-order valence-electron chi connectivity index (χ1n) is 6.19. The van der Waals surface area contributed by atoms with Crippen molar-refractivity contribution in [2.75, 3.05) is 13.2 Å². The molecule has 0 heterocycles. The molecule has 1 aromatic rings. The highest BCUT2D eigenvalue weighted by molar-refractivity contribution is 6.32. The fourth-order valence-corrected chi connectivity index (χ4v) is 1.81. The molecule has 1 aromatic carbocycles. The van der Waals surface area contributed by atoms with Gasteiger partial charge in [-0.2, -0.15) is 0 Å². The molecule has 1 N–H and O–H groups in total. The van der Waals surface area contributed by atoms with Crippen LogP contribution < -0.4 is 10.1 Å². The summed E-state index contributed by atoms with van der Waals surface area (Å²) < 4.78 is 5.65. The predicted octanol–water partition coefficient (Wildman–Crippen LogP) is 3.49. The third kappa shape index (κ3) is 5.00. The molecule has 18 heavy (non-hydrogen) atoms. The maximum atomic E-state index is 6.15. The van der Waals surface area contributed by atoms with E-state index in [1.54, 1.807) is 0 Å². The van der Waals surface area contributed by atoms with Gasteiger partial charge in [-0.1, -0.05) is 37.6 Å². The van der Waals surface area contributed by atoms with Crippen molar-refractivity contribution in [1.29, 1.82) is 0 Å². The largest absolute Gasteiger partial charge is 0.491 e. The van der Waals surface area contributed by atoms with Crippen LogP contribution in [0.4, 0.5) is 0 Å². The van der Waals surface area contributed by atoms with Crippen LogP contribution in [0, 0.1) is 18.3 Å². The van der Waals surface area contributed by atoms with Crippen molar-refractivity contribution in [2.24, 2.45) is 5.92 Å². The third-order valence-electron chi connectivity index (χ3n) is 2.41. The Kier molecular flexibility index (Phi) is 6.64. The normalized spacial score (nSPS) is 10.4. The molecule has 98 valence electrons. The second-order valence-electron chi connectivity index (χ2n) is 4.56. The predicted molar refractivity (Wildman–Crippen MR) is 76.9 cm³/mol. The fourth-order valence-electron chi connectivity index (χ4n) is 1.56. The van der Waals surface area contributed by atoms with Gasteiger partial charge in [0, 0.05) is 18.5 Å². The fraction of sp³-hybridized carbons (Fsp3) is 0.467. The summed E-state index contributed by atoms with van der Waals surface area (Å²) in [6.07, 6.45) is 5.79. The number of halogens is 1. The van der Waals surface area contributed by atoms with Gasteiger partial charge in [-0.05, 0) is 18.5 Å². The van der Waals surface area contributed by atoms with E-state index in [1.165, 1.54) is 0 Å². The van der Waals surface area contributed by atoms with Crippen LogP contribution in [0.25, 0.3) is 0 Å². The van der Waals surface area contributed by atoms with Gasteiger partial charge in [0.1, 0.15) is 5.75 Å². The molecular formula is C15H20ClNO. The quantitative estimate of drug-likeness (QED) is 0.602. The summed E-state index contributed by atoms with van der Waals surface area (Å²) in [5, 5.41) is 4.02. The lowest BCUT2D eigenvalue weighted by molar-refractivity contribution is 0.323. The van der Waals surface area contributed by atoms with Gasteiger partial charge in [0.2, 0.25) is 0 Å². The summed E-state index contributed by atoms with van der Waals surface area (Å²) in [7, 11) is 0. The van der Waals surface area contributed by atoms with Crippen LogP contribution >= 0.6 is 11.6 Å². The van der Waals surface area contributed by atoms with E-state index in [0.29, 0.717) is 24.0 Å². The number of para-hydroxylation sites is 1. The maximum absolute atomic E-state index is 6.15. The van der Waals surface area contributed by atoms with Crippen molar-refractivity contribution in [3.63, 3.8) is 0 Å². The van der Waals surface area contributed by atoms with Crippen LogP contribution in [0.15, 0.2) is 18.2 Å². The molecule has 0 atom stereocenters. The zero-order valence-electron chi connectivity index (χ0n) is 11.0. The zero-order valence-corrected chi connectivity index (χ0v) is 11.8. The highest BCUT2D eigenvalue weighted by atomic mass is 35.5. The molecule has 0 bridgehead atoms. The lowest BCUT2D eigenvalue weighted by Gasteiger charge is -2.14. The molecule has 0 spiro atoms. The first-order valence-corrected chi connectivity index (χ1v) is 6.57. The van der Waals surface area contributed by atoms with Crippen LogP contribution in [0.3, 0.4) is 0 Å². The SMILES string of the molecule is C#CCCOc1c(Cl)cccc1CNCC(C)C. The highest BCUT2D eigenvalue weighted by Gasteiger charge is 2.08. The highest BCUT2D eigenvalue weighted by Crippen LogP contribution is 2.28. The molecule has 0 unspecified atom stereocenters. The molecule has 0 aliphatic carbocycles. The van der Waals surface area contributed by atoms with E-state index >= 15 is 0 Å². The minimum atomic E-state index is 0.497. The van der Waals surface area contributed by atoms with Gasteiger partial charge in [0.05, 0.1) is 11.6 Å². The Morgan fingerprint density at radius 3 is 2.89 bits per heavy atom. The van der Waals surface area contributed by atoms with E-state index in [9.17, 15) is 0 Å². The van der Waals surface area contributed by atoms with Crippen molar-refractivity contribution in [3.05, 3.63) is 28.8 Å². The molecule has 0 saturated carbocycles. The van der Waals surface area contributed by atoms with Gasteiger partial charge in [-0.25, -0.2) is 0 Å². The van der Waals surface area contributed by atoms with Gasteiger partial charge in [0.15, 0.2) is 0 Å². The molecule has 0 radical (unpaired) electrons. The number of hydrogen-bond acceptors (Lipinski definition) is 2. The number of hydrogen-bond donors (Lipinski definition) is 1. The Hall–Kier alpha value is -1.17. The lowest BCUT2D eigenvalue weighted by Crippen LogP contribution is -2.19. The van der Waals surface area contributed by atoms with Crippen LogP contribution in [-0.2, 0) is 6.54 Å². The van der Waals surface area contributed by atoms with Crippen molar-refractivity contribution in [3.8, 4) is 18.1 Å². The standard InChI is InChI=1S/C15H20ClNO/c1-4-5-9-18-15-13(7-6-8-14(15)16)11-17-10-12(2)3/h1,6-8,12,17H,5,9-11H2,2-3H3. The van der Waals surface area contributed by atoms with Crippen LogP contribution in [0.5, 0.6) is 5.75 Å². The first-order chi connectivity index (χ1) is 8.65. The van der Waals surface area contributed by atoms with Crippen molar-refractivity contribution >= 4 is 11.6 Å². The first kappa shape index (κ1) is 14.9. The summed E-state index contributed by atoms with van der Waals surface area (Å²) in [5.41, 5.74) is 1.07. The molecule has 0 aliphatic heterocycles. The summed E-state index contributed by atoms with van der Waals surface area (Å²) in [5.74, 6) is 3.91. The second-order valence-corrected chi connectivity index (χ2v) is 4.96. The van der Waals surface area contributed by atoms with Crippen LogP contribution in [0.2, 0.25) is 5.02 Å².